The van der Waals surface area contributed by atoms with E-state index < -0.39 is 17.6 Å². The SMILES string of the molecule is C=C(Nc1ccc(C(F)(F)F)cc1C)C(=O)NC(C)c1cnn(C)c1.CC. The Morgan fingerprint density at radius 1 is 1.30 bits per heavy atom. The predicted molar refractivity (Wildman–Crippen MR) is 100 cm³/mol. The maximum Gasteiger partial charge on any atom is 0.416 e. The average Bonchev–Trinajstić information content (AvgIpc) is 3.04. The Morgan fingerprint density at radius 2 is 1.93 bits per heavy atom. The van der Waals surface area contributed by atoms with E-state index in [1.165, 1.54) is 13.0 Å². The molecule has 1 unspecified atom stereocenters. The van der Waals surface area contributed by atoms with Gasteiger partial charge in [0.2, 0.25) is 0 Å². The number of hydrogen-bond donors (Lipinski definition) is 2. The monoisotopic (exact) mass is 382 g/mol. The van der Waals surface area contributed by atoms with Crippen LogP contribution in [-0.2, 0) is 18.0 Å². The largest absolute Gasteiger partial charge is 0.416 e. The molecule has 1 amide bonds. The van der Waals surface area contributed by atoms with Gasteiger partial charge in [-0.25, -0.2) is 0 Å². The lowest BCUT2D eigenvalue weighted by molar-refractivity contribution is -0.137. The van der Waals surface area contributed by atoms with Crippen LogP contribution in [0.25, 0.3) is 0 Å². The summed E-state index contributed by atoms with van der Waals surface area (Å²) in [6.45, 7) is 11.0. The second kappa shape index (κ2) is 9.25. The van der Waals surface area contributed by atoms with Crippen molar-refractivity contribution in [2.45, 2.75) is 39.9 Å². The number of anilines is 1. The number of rotatable bonds is 5. The fourth-order valence-electron chi connectivity index (χ4n) is 2.23. The minimum Gasteiger partial charge on any atom is -0.351 e. The van der Waals surface area contributed by atoms with E-state index in [0.717, 1.165) is 17.7 Å². The van der Waals surface area contributed by atoms with Crippen LogP contribution in [0.3, 0.4) is 0 Å². The predicted octanol–water partition coefficient (Wildman–Crippen LogP) is 4.58. The number of benzene rings is 1. The van der Waals surface area contributed by atoms with Crippen LogP contribution in [0.5, 0.6) is 0 Å². The molecule has 27 heavy (non-hydrogen) atoms. The topological polar surface area (TPSA) is 59.0 Å². The summed E-state index contributed by atoms with van der Waals surface area (Å²) in [5, 5.41) is 9.54. The first-order valence-corrected chi connectivity index (χ1v) is 8.51. The first-order chi connectivity index (χ1) is 12.6. The molecular formula is C19H25F3N4O. The summed E-state index contributed by atoms with van der Waals surface area (Å²) >= 11 is 0. The van der Waals surface area contributed by atoms with Gasteiger partial charge in [-0.3, -0.25) is 9.48 Å². The highest BCUT2D eigenvalue weighted by Crippen LogP contribution is 2.31. The maximum absolute atomic E-state index is 12.7. The van der Waals surface area contributed by atoms with E-state index in [1.54, 1.807) is 31.0 Å². The van der Waals surface area contributed by atoms with Crippen LogP contribution in [0, 0.1) is 6.92 Å². The lowest BCUT2D eigenvalue weighted by Crippen LogP contribution is -2.30. The Morgan fingerprint density at radius 3 is 2.41 bits per heavy atom. The number of hydrogen-bond acceptors (Lipinski definition) is 3. The number of alkyl halides is 3. The number of aromatic nitrogens is 2. The Kier molecular flexibility index (Phi) is 7.63. The lowest BCUT2D eigenvalue weighted by Gasteiger charge is -2.16. The van der Waals surface area contributed by atoms with Crippen molar-refractivity contribution in [2.24, 2.45) is 7.05 Å². The number of amides is 1. The van der Waals surface area contributed by atoms with E-state index >= 15 is 0 Å². The molecule has 148 valence electrons. The third kappa shape index (κ3) is 6.16. The van der Waals surface area contributed by atoms with Crippen LogP contribution in [0.1, 0.15) is 43.5 Å². The highest BCUT2D eigenvalue weighted by molar-refractivity contribution is 5.96. The van der Waals surface area contributed by atoms with Crippen molar-refractivity contribution in [2.75, 3.05) is 5.32 Å². The number of halogens is 3. The maximum atomic E-state index is 12.7. The summed E-state index contributed by atoms with van der Waals surface area (Å²) in [6, 6.07) is 2.97. The molecule has 2 rings (SSSR count). The van der Waals surface area contributed by atoms with E-state index in [9.17, 15) is 18.0 Å². The van der Waals surface area contributed by atoms with Gasteiger partial charge in [-0.2, -0.15) is 18.3 Å². The molecule has 1 aromatic heterocycles. The van der Waals surface area contributed by atoms with Crippen molar-refractivity contribution >= 4 is 11.6 Å². The van der Waals surface area contributed by atoms with Gasteiger partial charge in [0, 0.05) is 24.5 Å². The summed E-state index contributed by atoms with van der Waals surface area (Å²) in [6.07, 6.45) is -0.987. The smallest absolute Gasteiger partial charge is 0.351 e. The Balaban J connectivity index is 0.00000176. The summed E-state index contributed by atoms with van der Waals surface area (Å²) in [7, 11) is 1.77. The van der Waals surface area contributed by atoms with Gasteiger partial charge in [0.05, 0.1) is 23.5 Å². The molecule has 0 bridgehead atoms. The lowest BCUT2D eigenvalue weighted by atomic mass is 10.1. The van der Waals surface area contributed by atoms with E-state index in [4.69, 9.17) is 0 Å². The van der Waals surface area contributed by atoms with Crippen molar-refractivity contribution < 1.29 is 18.0 Å². The summed E-state index contributed by atoms with van der Waals surface area (Å²) in [4.78, 5) is 12.2. The van der Waals surface area contributed by atoms with Gasteiger partial charge < -0.3 is 10.6 Å². The molecule has 0 spiro atoms. The van der Waals surface area contributed by atoms with Gasteiger partial charge in [0.15, 0.2) is 0 Å². The Hall–Kier alpha value is -2.77. The van der Waals surface area contributed by atoms with Crippen LogP contribution in [0.15, 0.2) is 42.9 Å². The molecule has 0 saturated carbocycles. The van der Waals surface area contributed by atoms with Crippen LogP contribution in [-0.4, -0.2) is 15.7 Å². The molecule has 0 saturated heterocycles. The van der Waals surface area contributed by atoms with Crippen molar-refractivity contribution in [3.05, 3.63) is 59.6 Å². The van der Waals surface area contributed by atoms with Gasteiger partial charge in [0.25, 0.3) is 5.91 Å². The zero-order valence-electron chi connectivity index (χ0n) is 16.1. The Labute approximate surface area is 157 Å². The molecule has 8 heteroatoms. The van der Waals surface area contributed by atoms with Crippen molar-refractivity contribution in [3.63, 3.8) is 0 Å². The van der Waals surface area contributed by atoms with Crippen LogP contribution < -0.4 is 10.6 Å². The number of carbonyl (C=O) groups is 1. The van der Waals surface area contributed by atoms with Gasteiger partial charge >= 0.3 is 6.18 Å². The van der Waals surface area contributed by atoms with Crippen molar-refractivity contribution in [3.8, 4) is 0 Å². The molecule has 1 heterocycles. The minimum atomic E-state index is -4.41. The van der Waals surface area contributed by atoms with Crippen LogP contribution >= 0.6 is 0 Å². The standard InChI is InChI=1S/C17H19F3N4O.C2H6/c1-10-7-14(17(18,19)20)5-6-15(10)22-12(3)16(25)23-11(2)13-8-21-24(4)9-13;1-2/h5-9,11,22H,3H2,1-2,4H3,(H,23,25);1-2H3. The second-order valence-corrected chi connectivity index (χ2v) is 5.77. The zero-order chi connectivity index (χ0) is 20.8. The normalized spacial score (nSPS) is 11.9. The zero-order valence-corrected chi connectivity index (χ0v) is 16.1. The van der Waals surface area contributed by atoms with Gasteiger partial charge in [0.1, 0.15) is 0 Å². The average molecular weight is 382 g/mol. The van der Waals surface area contributed by atoms with Gasteiger partial charge in [-0.1, -0.05) is 20.4 Å². The van der Waals surface area contributed by atoms with E-state index in [0.29, 0.717) is 11.3 Å². The molecule has 1 atom stereocenters. The molecule has 0 aliphatic carbocycles. The van der Waals surface area contributed by atoms with E-state index in [-0.39, 0.29) is 11.7 Å². The molecule has 1 aromatic carbocycles. The fourth-order valence-corrected chi connectivity index (χ4v) is 2.23. The summed E-state index contributed by atoms with van der Waals surface area (Å²) < 4.78 is 39.7. The van der Waals surface area contributed by atoms with Crippen molar-refractivity contribution in [1.82, 2.24) is 15.1 Å². The molecule has 0 radical (unpaired) electrons. The number of aryl methyl sites for hydroxylation is 2. The van der Waals surface area contributed by atoms with E-state index in [1.807, 2.05) is 13.8 Å². The van der Waals surface area contributed by atoms with Crippen LogP contribution in [0.4, 0.5) is 18.9 Å². The van der Waals surface area contributed by atoms with Crippen LogP contribution in [0.2, 0.25) is 0 Å². The van der Waals surface area contributed by atoms with Crippen molar-refractivity contribution in [1.29, 1.82) is 0 Å². The molecule has 0 aliphatic heterocycles. The number of nitrogens with one attached hydrogen (secondary N) is 2. The fraction of sp³-hybridized carbons (Fsp3) is 0.368. The first kappa shape index (κ1) is 22.3. The highest BCUT2D eigenvalue weighted by atomic mass is 19.4. The molecule has 0 fully saturated rings. The Bertz CT molecular complexity index is 796. The quantitative estimate of drug-likeness (QED) is 0.745. The van der Waals surface area contributed by atoms with Gasteiger partial charge in [-0.15, -0.1) is 0 Å². The molecule has 2 N–H and O–H groups in total. The molecule has 5 nitrogen and oxygen atoms in total. The molecule has 0 aliphatic rings. The second-order valence-electron chi connectivity index (χ2n) is 5.77. The van der Waals surface area contributed by atoms with Gasteiger partial charge in [-0.05, 0) is 37.6 Å². The van der Waals surface area contributed by atoms with E-state index in [2.05, 4.69) is 22.3 Å². The summed E-state index contributed by atoms with van der Waals surface area (Å²) in [5.74, 6) is -0.448. The number of nitrogens with zero attached hydrogens (tertiary/aromatic N) is 2. The third-order valence-corrected chi connectivity index (χ3v) is 3.69. The first-order valence-electron chi connectivity index (χ1n) is 8.51. The number of carbonyl (C=O) groups excluding carboxylic acids is 1. The molecule has 2 aromatic rings. The molecular weight excluding hydrogens is 357 g/mol. The third-order valence-electron chi connectivity index (χ3n) is 3.69. The highest BCUT2D eigenvalue weighted by Gasteiger charge is 2.30. The summed E-state index contributed by atoms with van der Waals surface area (Å²) in [5.41, 5.74) is 0.884. The minimum absolute atomic E-state index is 0.0404.